The van der Waals surface area contributed by atoms with Crippen LogP contribution in [0.25, 0.3) is 0 Å². The van der Waals surface area contributed by atoms with Crippen LogP contribution < -0.4 is 5.32 Å². The van der Waals surface area contributed by atoms with Gasteiger partial charge in [-0.05, 0) is 33.5 Å². The van der Waals surface area contributed by atoms with Crippen molar-refractivity contribution in [2.24, 2.45) is 0 Å². The zero-order valence-electron chi connectivity index (χ0n) is 7.65. The Hall–Kier alpha value is -0.0800. The molecule has 2 nitrogen and oxygen atoms in total. The van der Waals surface area contributed by atoms with E-state index in [0.29, 0.717) is 6.17 Å². The lowest BCUT2D eigenvalue weighted by Crippen LogP contribution is -2.41. The molecular formula is C8H20N2. The minimum Gasteiger partial charge on any atom is -0.302 e. The first kappa shape index (κ1) is 9.92. The molecule has 0 spiro atoms. The maximum atomic E-state index is 3.36. The summed E-state index contributed by atoms with van der Waals surface area (Å²) in [6.07, 6.45) is 1.75. The van der Waals surface area contributed by atoms with Crippen LogP contribution >= 0.6 is 0 Å². The van der Waals surface area contributed by atoms with Crippen molar-refractivity contribution in [3.05, 3.63) is 0 Å². The molecule has 0 heterocycles. The van der Waals surface area contributed by atoms with Gasteiger partial charge in [0, 0.05) is 0 Å². The molecule has 0 saturated heterocycles. The van der Waals surface area contributed by atoms with Gasteiger partial charge in [0.05, 0.1) is 6.17 Å². The highest BCUT2D eigenvalue weighted by Crippen LogP contribution is 1.91. The first-order valence-electron chi connectivity index (χ1n) is 4.16. The Morgan fingerprint density at radius 2 is 2.00 bits per heavy atom. The molecule has 0 aliphatic rings. The Bertz CT molecular complexity index is 63.7. The minimum absolute atomic E-state index is 0.518. The second-order valence-corrected chi connectivity index (χ2v) is 2.71. The van der Waals surface area contributed by atoms with E-state index in [2.05, 4.69) is 38.0 Å². The second-order valence-electron chi connectivity index (χ2n) is 2.71. The van der Waals surface area contributed by atoms with Gasteiger partial charge in [0.15, 0.2) is 0 Å². The van der Waals surface area contributed by atoms with E-state index in [1.807, 2.05) is 0 Å². The molecule has 0 aliphatic heterocycles. The van der Waals surface area contributed by atoms with E-state index in [9.17, 15) is 0 Å². The van der Waals surface area contributed by atoms with Crippen LogP contribution in [-0.2, 0) is 0 Å². The monoisotopic (exact) mass is 144 g/mol. The summed E-state index contributed by atoms with van der Waals surface area (Å²) in [5.41, 5.74) is 0. The Morgan fingerprint density at radius 1 is 1.40 bits per heavy atom. The third-order valence-electron chi connectivity index (χ3n) is 1.74. The van der Waals surface area contributed by atoms with Gasteiger partial charge in [0.2, 0.25) is 0 Å². The van der Waals surface area contributed by atoms with E-state index >= 15 is 0 Å². The number of nitrogens with one attached hydrogen (secondary N) is 1. The van der Waals surface area contributed by atoms with Gasteiger partial charge < -0.3 is 5.32 Å². The Morgan fingerprint density at radius 3 is 2.40 bits per heavy atom. The summed E-state index contributed by atoms with van der Waals surface area (Å²) < 4.78 is 0. The number of rotatable bonds is 5. The number of hydrogen-bond acceptors (Lipinski definition) is 2. The summed E-state index contributed by atoms with van der Waals surface area (Å²) in [4.78, 5) is 2.32. The zero-order valence-corrected chi connectivity index (χ0v) is 7.65. The van der Waals surface area contributed by atoms with Gasteiger partial charge in [-0.3, -0.25) is 4.90 Å². The number of nitrogens with zero attached hydrogens (tertiary/aromatic N) is 1. The third kappa shape index (κ3) is 3.85. The van der Waals surface area contributed by atoms with Crippen molar-refractivity contribution in [3.63, 3.8) is 0 Å². The largest absolute Gasteiger partial charge is 0.302 e. The third-order valence-corrected chi connectivity index (χ3v) is 1.74. The highest BCUT2D eigenvalue weighted by molar-refractivity contribution is 4.58. The van der Waals surface area contributed by atoms with Crippen LogP contribution in [-0.4, -0.2) is 31.2 Å². The van der Waals surface area contributed by atoms with Crippen LogP contribution in [0.4, 0.5) is 0 Å². The van der Waals surface area contributed by atoms with E-state index in [0.717, 1.165) is 6.54 Å². The van der Waals surface area contributed by atoms with Crippen LogP contribution in [0.15, 0.2) is 0 Å². The fourth-order valence-corrected chi connectivity index (χ4v) is 0.998. The molecule has 0 bridgehead atoms. The van der Waals surface area contributed by atoms with Gasteiger partial charge in [-0.15, -0.1) is 0 Å². The van der Waals surface area contributed by atoms with Crippen LogP contribution in [0.3, 0.4) is 0 Å². The standard InChI is InChI=1S/C8H20N2/c1-5-7-10(4)8(3)9-6-2/h8-9H,5-7H2,1-4H3. The molecule has 0 fully saturated rings. The lowest BCUT2D eigenvalue weighted by atomic mass is 10.4. The molecule has 0 saturated carbocycles. The molecule has 0 aromatic heterocycles. The molecule has 0 aliphatic carbocycles. The molecule has 2 heteroatoms. The van der Waals surface area contributed by atoms with Crippen LogP contribution in [0, 0.1) is 0 Å². The molecule has 0 amide bonds. The van der Waals surface area contributed by atoms with Crippen LogP contribution in [0.1, 0.15) is 27.2 Å². The van der Waals surface area contributed by atoms with E-state index in [1.54, 1.807) is 0 Å². The van der Waals surface area contributed by atoms with Gasteiger partial charge in [0.25, 0.3) is 0 Å². The molecule has 0 aromatic carbocycles. The summed E-state index contributed by atoms with van der Waals surface area (Å²) >= 11 is 0. The fraction of sp³-hybridized carbons (Fsp3) is 1.00. The van der Waals surface area contributed by atoms with Crippen molar-refractivity contribution >= 4 is 0 Å². The predicted octanol–water partition coefficient (Wildman–Crippen LogP) is 1.28. The molecule has 62 valence electrons. The highest BCUT2D eigenvalue weighted by atomic mass is 15.2. The number of hydrogen-bond donors (Lipinski definition) is 1. The van der Waals surface area contributed by atoms with Crippen molar-refractivity contribution in [2.75, 3.05) is 20.1 Å². The van der Waals surface area contributed by atoms with Gasteiger partial charge in [-0.2, -0.15) is 0 Å². The first-order chi connectivity index (χ1) is 4.72. The molecule has 1 N–H and O–H groups in total. The topological polar surface area (TPSA) is 15.3 Å². The molecule has 0 rings (SSSR count). The normalized spacial score (nSPS) is 14.1. The van der Waals surface area contributed by atoms with Gasteiger partial charge >= 0.3 is 0 Å². The van der Waals surface area contributed by atoms with Crippen molar-refractivity contribution in [3.8, 4) is 0 Å². The SMILES string of the molecule is CCCN(C)C(C)NCC. The van der Waals surface area contributed by atoms with Gasteiger partial charge in [0.1, 0.15) is 0 Å². The van der Waals surface area contributed by atoms with Gasteiger partial charge in [-0.25, -0.2) is 0 Å². The summed E-state index contributed by atoms with van der Waals surface area (Å²) in [5, 5.41) is 3.36. The lowest BCUT2D eigenvalue weighted by Gasteiger charge is -2.24. The van der Waals surface area contributed by atoms with Crippen molar-refractivity contribution < 1.29 is 0 Å². The average Bonchev–Trinajstić information content (AvgIpc) is 1.89. The Labute approximate surface area is 64.6 Å². The van der Waals surface area contributed by atoms with E-state index in [-0.39, 0.29) is 0 Å². The molecule has 0 radical (unpaired) electrons. The molecule has 0 aromatic rings. The highest BCUT2D eigenvalue weighted by Gasteiger charge is 2.03. The van der Waals surface area contributed by atoms with E-state index < -0.39 is 0 Å². The first-order valence-corrected chi connectivity index (χ1v) is 4.16. The smallest absolute Gasteiger partial charge is 0.0565 e. The van der Waals surface area contributed by atoms with Crippen molar-refractivity contribution in [2.45, 2.75) is 33.4 Å². The van der Waals surface area contributed by atoms with E-state index in [4.69, 9.17) is 0 Å². The second kappa shape index (κ2) is 5.69. The summed E-state index contributed by atoms with van der Waals surface area (Å²) in [5.74, 6) is 0. The van der Waals surface area contributed by atoms with Crippen molar-refractivity contribution in [1.29, 1.82) is 0 Å². The Kier molecular flexibility index (Phi) is 5.64. The zero-order chi connectivity index (χ0) is 7.98. The maximum absolute atomic E-state index is 3.36. The van der Waals surface area contributed by atoms with Crippen LogP contribution in [0.5, 0.6) is 0 Å². The maximum Gasteiger partial charge on any atom is 0.0565 e. The quantitative estimate of drug-likeness (QED) is 0.585. The fourth-order valence-electron chi connectivity index (χ4n) is 0.998. The summed E-state index contributed by atoms with van der Waals surface area (Å²) in [6, 6.07) is 0. The van der Waals surface area contributed by atoms with E-state index in [1.165, 1.54) is 13.0 Å². The molecule has 1 unspecified atom stereocenters. The molecular weight excluding hydrogens is 124 g/mol. The van der Waals surface area contributed by atoms with Crippen LogP contribution in [0.2, 0.25) is 0 Å². The van der Waals surface area contributed by atoms with Gasteiger partial charge in [-0.1, -0.05) is 13.8 Å². The minimum atomic E-state index is 0.518. The Balaban J connectivity index is 3.38. The predicted molar refractivity (Wildman–Crippen MR) is 46.1 cm³/mol. The summed E-state index contributed by atoms with van der Waals surface area (Å²) in [7, 11) is 2.15. The lowest BCUT2D eigenvalue weighted by molar-refractivity contribution is 0.223. The molecule has 10 heavy (non-hydrogen) atoms. The average molecular weight is 144 g/mol. The summed E-state index contributed by atoms with van der Waals surface area (Å²) in [6.45, 7) is 8.76. The molecule has 1 atom stereocenters. The van der Waals surface area contributed by atoms with Crippen molar-refractivity contribution in [1.82, 2.24) is 10.2 Å².